The molecule has 1 aromatic rings. The van der Waals surface area contributed by atoms with Gasteiger partial charge in [0, 0.05) is 12.6 Å². The molecule has 1 aromatic carbocycles. The third kappa shape index (κ3) is 2.80. The predicted molar refractivity (Wildman–Crippen MR) is 69.8 cm³/mol. The van der Waals surface area contributed by atoms with Crippen LogP contribution in [0.1, 0.15) is 12.5 Å². The number of nitrogens with two attached hydrogens (primary N) is 1. The third-order valence-corrected chi connectivity index (χ3v) is 2.58. The van der Waals surface area contributed by atoms with E-state index in [9.17, 15) is 0 Å². The molecule has 2 N–H and O–H groups in total. The summed E-state index contributed by atoms with van der Waals surface area (Å²) in [7, 11) is 0. The summed E-state index contributed by atoms with van der Waals surface area (Å²) in [5.74, 6) is 0.988. The van der Waals surface area contributed by atoms with Crippen LogP contribution in [0.25, 0.3) is 0 Å². The Morgan fingerprint density at radius 2 is 2.25 bits per heavy atom. The van der Waals surface area contributed by atoms with Gasteiger partial charge in [0.2, 0.25) is 0 Å². The van der Waals surface area contributed by atoms with E-state index in [-0.39, 0.29) is 18.4 Å². The zero-order chi connectivity index (χ0) is 10.8. The Balaban J connectivity index is 0.00000128. The van der Waals surface area contributed by atoms with Gasteiger partial charge in [-0.25, -0.2) is 0 Å². The van der Waals surface area contributed by atoms with Crippen molar-refractivity contribution in [2.24, 2.45) is 5.73 Å². The minimum Gasteiger partial charge on any atom is -0.490 e. The van der Waals surface area contributed by atoms with E-state index in [0.717, 1.165) is 25.4 Å². The summed E-state index contributed by atoms with van der Waals surface area (Å²) < 4.78 is 5.63. The highest BCUT2D eigenvalue weighted by atomic mass is 35.5. The number of aryl methyl sites for hydroxylation is 1. The summed E-state index contributed by atoms with van der Waals surface area (Å²) >= 11 is 0. The van der Waals surface area contributed by atoms with Crippen LogP contribution in [0, 0.1) is 6.92 Å². The first-order valence-corrected chi connectivity index (χ1v) is 5.41. The number of hydrogen-bond donors (Lipinski definition) is 1. The Morgan fingerprint density at radius 3 is 2.94 bits per heavy atom. The Bertz CT molecular complexity index is 355. The van der Waals surface area contributed by atoms with Crippen LogP contribution < -0.4 is 15.4 Å². The largest absolute Gasteiger partial charge is 0.490 e. The van der Waals surface area contributed by atoms with Crippen molar-refractivity contribution in [3.63, 3.8) is 0 Å². The SMILES string of the molecule is Cc1ccc2c(c1)OCCN2CC(C)N.Cl. The van der Waals surface area contributed by atoms with Gasteiger partial charge in [0.1, 0.15) is 12.4 Å². The van der Waals surface area contributed by atoms with Crippen molar-refractivity contribution in [1.82, 2.24) is 0 Å². The minimum absolute atomic E-state index is 0. The monoisotopic (exact) mass is 242 g/mol. The quantitative estimate of drug-likeness (QED) is 0.862. The lowest BCUT2D eigenvalue weighted by Gasteiger charge is -2.32. The van der Waals surface area contributed by atoms with Crippen LogP contribution in [0.3, 0.4) is 0 Å². The molecule has 0 saturated carbocycles. The molecule has 0 radical (unpaired) electrons. The van der Waals surface area contributed by atoms with E-state index in [1.54, 1.807) is 0 Å². The molecule has 0 saturated heterocycles. The molecular weight excluding hydrogens is 224 g/mol. The second-order valence-electron chi connectivity index (χ2n) is 4.24. The molecule has 2 rings (SSSR count). The molecule has 90 valence electrons. The number of rotatable bonds is 2. The molecule has 3 nitrogen and oxygen atoms in total. The number of hydrogen-bond acceptors (Lipinski definition) is 3. The maximum Gasteiger partial charge on any atom is 0.142 e. The second-order valence-corrected chi connectivity index (χ2v) is 4.24. The molecule has 0 aromatic heterocycles. The molecule has 4 heteroatoms. The summed E-state index contributed by atoms with van der Waals surface area (Å²) in [6.45, 7) is 6.68. The van der Waals surface area contributed by atoms with E-state index in [4.69, 9.17) is 10.5 Å². The van der Waals surface area contributed by atoms with Gasteiger partial charge >= 0.3 is 0 Å². The van der Waals surface area contributed by atoms with E-state index in [2.05, 4.69) is 30.0 Å². The molecule has 0 fully saturated rings. The Hall–Kier alpha value is -0.930. The average molecular weight is 243 g/mol. The van der Waals surface area contributed by atoms with Gasteiger partial charge in [-0.05, 0) is 31.5 Å². The first-order chi connectivity index (χ1) is 7.16. The van der Waals surface area contributed by atoms with Gasteiger partial charge in [-0.3, -0.25) is 0 Å². The first kappa shape index (κ1) is 13.1. The van der Waals surface area contributed by atoms with Crippen LogP contribution in [-0.4, -0.2) is 25.7 Å². The maximum absolute atomic E-state index is 5.83. The molecule has 0 amide bonds. The summed E-state index contributed by atoms with van der Waals surface area (Å²) in [6.07, 6.45) is 0. The molecule has 16 heavy (non-hydrogen) atoms. The van der Waals surface area contributed by atoms with Crippen molar-refractivity contribution < 1.29 is 4.74 Å². The van der Waals surface area contributed by atoms with Gasteiger partial charge in [-0.15, -0.1) is 12.4 Å². The highest BCUT2D eigenvalue weighted by Crippen LogP contribution is 2.32. The number of benzene rings is 1. The summed E-state index contributed by atoms with van der Waals surface area (Å²) in [5, 5.41) is 0. The Morgan fingerprint density at radius 1 is 1.50 bits per heavy atom. The van der Waals surface area contributed by atoms with Crippen molar-refractivity contribution in [3.05, 3.63) is 23.8 Å². The Labute approximate surface area is 103 Å². The molecular formula is C12H19ClN2O. The highest BCUT2D eigenvalue weighted by Gasteiger charge is 2.18. The highest BCUT2D eigenvalue weighted by molar-refractivity contribution is 5.85. The lowest BCUT2D eigenvalue weighted by atomic mass is 10.1. The standard InChI is InChI=1S/C12H18N2O.ClH/c1-9-3-4-11-12(7-9)15-6-5-14(11)8-10(2)13;/h3-4,7,10H,5-6,8,13H2,1-2H3;1H. The maximum atomic E-state index is 5.83. The van der Waals surface area contributed by atoms with Gasteiger partial charge in [-0.2, -0.15) is 0 Å². The van der Waals surface area contributed by atoms with Crippen molar-refractivity contribution in [1.29, 1.82) is 0 Å². The van der Waals surface area contributed by atoms with E-state index in [0.29, 0.717) is 0 Å². The van der Waals surface area contributed by atoms with Gasteiger partial charge in [0.05, 0.1) is 12.2 Å². The van der Waals surface area contributed by atoms with E-state index in [1.807, 2.05) is 6.92 Å². The van der Waals surface area contributed by atoms with Crippen LogP contribution in [0.5, 0.6) is 5.75 Å². The van der Waals surface area contributed by atoms with Gasteiger partial charge in [0.25, 0.3) is 0 Å². The lowest BCUT2D eigenvalue weighted by molar-refractivity contribution is 0.306. The second kappa shape index (κ2) is 5.41. The van der Waals surface area contributed by atoms with Crippen molar-refractivity contribution in [2.45, 2.75) is 19.9 Å². The Kier molecular flexibility index (Phi) is 4.44. The average Bonchev–Trinajstić information content (AvgIpc) is 2.16. The van der Waals surface area contributed by atoms with Crippen molar-refractivity contribution in [3.8, 4) is 5.75 Å². The van der Waals surface area contributed by atoms with Gasteiger partial charge in [0.15, 0.2) is 0 Å². The van der Waals surface area contributed by atoms with Crippen LogP contribution >= 0.6 is 12.4 Å². The van der Waals surface area contributed by atoms with E-state index >= 15 is 0 Å². The molecule has 0 spiro atoms. The zero-order valence-corrected chi connectivity index (χ0v) is 10.6. The fraction of sp³-hybridized carbons (Fsp3) is 0.500. The van der Waals surface area contributed by atoms with Crippen molar-refractivity contribution >= 4 is 18.1 Å². The number of anilines is 1. The molecule has 1 unspecified atom stereocenters. The van der Waals surface area contributed by atoms with Crippen LogP contribution in [0.15, 0.2) is 18.2 Å². The van der Waals surface area contributed by atoms with Gasteiger partial charge in [-0.1, -0.05) is 6.07 Å². The normalized spacial score (nSPS) is 15.8. The number of ether oxygens (including phenoxy) is 1. The smallest absolute Gasteiger partial charge is 0.142 e. The first-order valence-electron chi connectivity index (χ1n) is 5.41. The number of nitrogens with zero attached hydrogens (tertiary/aromatic N) is 1. The third-order valence-electron chi connectivity index (χ3n) is 2.58. The van der Waals surface area contributed by atoms with Crippen molar-refractivity contribution in [2.75, 3.05) is 24.6 Å². The van der Waals surface area contributed by atoms with E-state index < -0.39 is 0 Å². The van der Waals surface area contributed by atoms with Gasteiger partial charge < -0.3 is 15.4 Å². The molecule has 1 aliphatic rings. The molecule has 0 aliphatic carbocycles. The van der Waals surface area contributed by atoms with Crippen LogP contribution in [0.4, 0.5) is 5.69 Å². The van der Waals surface area contributed by atoms with Crippen LogP contribution in [-0.2, 0) is 0 Å². The topological polar surface area (TPSA) is 38.5 Å². The minimum atomic E-state index is 0. The van der Waals surface area contributed by atoms with Crippen LogP contribution in [0.2, 0.25) is 0 Å². The number of halogens is 1. The fourth-order valence-electron chi connectivity index (χ4n) is 1.92. The number of fused-ring (bicyclic) bond motifs is 1. The lowest BCUT2D eigenvalue weighted by Crippen LogP contribution is -2.40. The van der Waals surface area contributed by atoms with E-state index in [1.165, 1.54) is 11.3 Å². The summed E-state index contributed by atoms with van der Waals surface area (Å²) in [6, 6.07) is 6.51. The summed E-state index contributed by atoms with van der Waals surface area (Å²) in [5.41, 5.74) is 8.23. The fourth-order valence-corrected chi connectivity index (χ4v) is 1.92. The summed E-state index contributed by atoms with van der Waals surface area (Å²) in [4.78, 5) is 2.29. The molecule has 1 aliphatic heterocycles. The molecule has 1 atom stereocenters. The molecule has 0 bridgehead atoms. The molecule has 1 heterocycles. The predicted octanol–water partition coefficient (Wildman–Crippen LogP) is 1.96. The zero-order valence-electron chi connectivity index (χ0n) is 9.77.